The second-order valence-electron chi connectivity index (χ2n) is 7.38. The summed E-state index contributed by atoms with van der Waals surface area (Å²) in [4.78, 5) is 10.1. The van der Waals surface area contributed by atoms with Gasteiger partial charge in [-0.05, 0) is 61.7 Å². The van der Waals surface area contributed by atoms with Crippen molar-refractivity contribution in [1.82, 2.24) is 15.3 Å². The number of thiophene rings is 1. The highest BCUT2D eigenvalue weighted by molar-refractivity contribution is 7.20. The predicted molar refractivity (Wildman–Crippen MR) is 121 cm³/mol. The molecule has 5 rings (SSSR count). The van der Waals surface area contributed by atoms with E-state index in [4.69, 9.17) is 0 Å². The Bertz CT molecular complexity index is 1320. The van der Waals surface area contributed by atoms with Crippen molar-refractivity contribution in [3.8, 4) is 6.07 Å². The molecule has 0 saturated carbocycles. The molecule has 0 fully saturated rings. The number of fused-ring (bicyclic) bond motifs is 2. The first-order valence-electron chi connectivity index (χ1n) is 9.73. The summed E-state index contributed by atoms with van der Waals surface area (Å²) in [7, 11) is 0. The van der Waals surface area contributed by atoms with Crippen LogP contribution in [0.15, 0.2) is 36.7 Å². The maximum atomic E-state index is 9.76. The Kier molecular flexibility index (Phi) is 4.35. The van der Waals surface area contributed by atoms with Crippen molar-refractivity contribution >= 4 is 49.4 Å². The number of nitrogens with one attached hydrogen (secondary N) is 3. The van der Waals surface area contributed by atoms with E-state index < -0.39 is 0 Å². The van der Waals surface area contributed by atoms with Crippen molar-refractivity contribution in [3.05, 3.63) is 58.2 Å². The van der Waals surface area contributed by atoms with Gasteiger partial charge in [0.2, 0.25) is 0 Å². The van der Waals surface area contributed by atoms with Gasteiger partial charge in [0.25, 0.3) is 0 Å². The van der Waals surface area contributed by atoms with Crippen LogP contribution in [0.4, 0.5) is 11.4 Å². The van der Waals surface area contributed by atoms with Crippen molar-refractivity contribution in [2.24, 2.45) is 0 Å². The summed E-state index contributed by atoms with van der Waals surface area (Å²) in [5, 5.41) is 18.9. The summed E-state index contributed by atoms with van der Waals surface area (Å²) in [6.45, 7) is 6.15. The van der Waals surface area contributed by atoms with Gasteiger partial charge in [-0.3, -0.25) is 0 Å². The fraction of sp³-hybridized carbons (Fsp3) is 0.217. The minimum Gasteiger partial charge on any atom is -0.361 e. The second-order valence-corrected chi connectivity index (χ2v) is 8.38. The third kappa shape index (κ3) is 2.91. The van der Waals surface area contributed by atoms with Crippen molar-refractivity contribution in [2.75, 3.05) is 18.4 Å². The summed E-state index contributed by atoms with van der Waals surface area (Å²) in [6.07, 6.45) is 6.93. The first-order valence-corrected chi connectivity index (χ1v) is 10.5. The third-order valence-electron chi connectivity index (χ3n) is 5.70. The summed E-state index contributed by atoms with van der Waals surface area (Å²) in [5.41, 5.74) is 7.27. The lowest BCUT2D eigenvalue weighted by atomic mass is 10.0. The molecule has 0 spiro atoms. The molecule has 0 unspecified atom stereocenters. The van der Waals surface area contributed by atoms with Crippen LogP contribution in [0.3, 0.4) is 0 Å². The molecule has 1 aliphatic rings. The van der Waals surface area contributed by atoms with Gasteiger partial charge in [-0.15, -0.1) is 11.3 Å². The van der Waals surface area contributed by atoms with Crippen LogP contribution in [0.1, 0.15) is 28.0 Å². The Labute approximate surface area is 173 Å². The molecule has 6 heteroatoms. The number of hydrogen-bond donors (Lipinski definition) is 3. The minimum atomic E-state index is 0.567. The molecule has 0 bridgehead atoms. The van der Waals surface area contributed by atoms with Gasteiger partial charge in [0.05, 0.1) is 11.3 Å². The van der Waals surface area contributed by atoms with Gasteiger partial charge in [-0.2, -0.15) is 5.26 Å². The van der Waals surface area contributed by atoms with Crippen LogP contribution in [-0.2, 0) is 0 Å². The van der Waals surface area contributed by atoms with Crippen LogP contribution in [0.2, 0.25) is 0 Å². The average Bonchev–Trinajstić information content (AvgIpc) is 3.36. The minimum absolute atomic E-state index is 0.567. The van der Waals surface area contributed by atoms with Gasteiger partial charge in [-0.25, -0.2) is 4.98 Å². The lowest BCUT2D eigenvalue weighted by Gasteiger charge is -2.15. The van der Waals surface area contributed by atoms with E-state index in [1.165, 1.54) is 21.4 Å². The lowest BCUT2D eigenvalue weighted by Crippen LogP contribution is -2.19. The van der Waals surface area contributed by atoms with E-state index in [2.05, 4.69) is 64.8 Å². The van der Waals surface area contributed by atoms with Crippen LogP contribution in [0.5, 0.6) is 0 Å². The zero-order valence-electron chi connectivity index (χ0n) is 16.4. The molecular formula is C23H21N5S. The second kappa shape index (κ2) is 7.03. The molecule has 1 aliphatic heterocycles. The molecule has 0 amide bonds. The maximum Gasteiger partial charge on any atom is 0.126 e. The lowest BCUT2D eigenvalue weighted by molar-refractivity contribution is 0.739. The fourth-order valence-electron chi connectivity index (χ4n) is 4.11. The normalized spacial score (nSPS) is 14.2. The van der Waals surface area contributed by atoms with Gasteiger partial charge in [0.1, 0.15) is 10.9 Å². The number of aromatic amines is 1. The monoisotopic (exact) mass is 399 g/mol. The van der Waals surface area contributed by atoms with Crippen LogP contribution in [-0.4, -0.2) is 23.1 Å². The Morgan fingerprint density at radius 1 is 1.21 bits per heavy atom. The van der Waals surface area contributed by atoms with E-state index in [9.17, 15) is 5.26 Å². The molecule has 29 heavy (non-hydrogen) atoms. The summed E-state index contributed by atoms with van der Waals surface area (Å²) < 4.78 is 0. The van der Waals surface area contributed by atoms with Crippen molar-refractivity contribution < 1.29 is 0 Å². The van der Waals surface area contributed by atoms with Gasteiger partial charge in [0.15, 0.2) is 0 Å². The molecule has 4 aromatic rings. The number of H-pyrrole nitrogens is 1. The number of pyridine rings is 1. The fourth-order valence-corrected chi connectivity index (χ4v) is 5.34. The zero-order chi connectivity index (χ0) is 20.0. The van der Waals surface area contributed by atoms with Gasteiger partial charge < -0.3 is 15.6 Å². The molecule has 3 N–H and O–H groups in total. The number of nitriles is 1. The van der Waals surface area contributed by atoms with E-state index in [0.29, 0.717) is 5.56 Å². The van der Waals surface area contributed by atoms with E-state index in [1.54, 1.807) is 17.5 Å². The van der Waals surface area contributed by atoms with E-state index in [0.717, 1.165) is 52.2 Å². The average molecular weight is 400 g/mol. The highest BCUT2D eigenvalue weighted by atomic mass is 32.1. The number of rotatable bonds is 3. The molecule has 5 nitrogen and oxygen atoms in total. The molecule has 3 aromatic heterocycles. The Morgan fingerprint density at radius 2 is 2.10 bits per heavy atom. The molecule has 0 radical (unpaired) electrons. The number of benzene rings is 1. The first-order chi connectivity index (χ1) is 14.2. The van der Waals surface area contributed by atoms with E-state index in [-0.39, 0.29) is 0 Å². The highest BCUT2D eigenvalue weighted by Crippen LogP contribution is 2.42. The molecule has 0 aliphatic carbocycles. The quantitative estimate of drug-likeness (QED) is 0.432. The van der Waals surface area contributed by atoms with Gasteiger partial charge in [0, 0.05) is 45.8 Å². The van der Waals surface area contributed by atoms with E-state index in [1.807, 2.05) is 6.20 Å². The highest BCUT2D eigenvalue weighted by Gasteiger charge is 2.20. The smallest absolute Gasteiger partial charge is 0.126 e. The Morgan fingerprint density at radius 3 is 2.90 bits per heavy atom. The van der Waals surface area contributed by atoms with Crippen LogP contribution in [0, 0.1) is 25.2 Å². The number of anilines is 2. The van der Waals surface area contributed by atoms with Crippen molar-refractivity contribution in [3.63, 3.8) is 0 Å². The molecule has 1 aromatic carbocycles. The number of aromatic nitrogens is 2. The van der Waals surface area contributed by atoms with Crippen LogP contribution < -0.4 is 10.6 Å². The largest absolute Gasteiger partial charge is 0.361 e. The van der Waals surface area contributed by atoms with Crippen molar-refractivity contribution in [1.29, 1.82) is 5.26 Å². The number of aryl methyl sites for hydroxylation is 2. The third-order valence-corrected chi connectivity index (χ3v) is 6.97. The summed E-state index contributed by atoms with van der Waals surface area (Å²) in [6, 6.07) is 8.55. The topological polar surface area (TPSA) is 76.5 Å². The SMILES string of the molecule is Cc1c(Nc2c(C#N)cnc3sc(C4=CCNCC4)c(C)c23)ccc2[nH]ccc12. The number of nitrogens with zero attached hydrogens (tertiary/aromatic N) is 2. The molecule has 0 atom stereocenters. The van der Waals surface area contributed by atoms with Crippen LogP contribution in [0.25, 0.3) is 26.7 Å². The first kappa shape index (κ1) is 17.9. The van der Waals surface area contributed by atoms with Gasteiger partial charge >= 0.3 is 0 Å². The Hall–Kier alpha value is -3.14. The Balaban J connectivity index is 1.69. The maximum absolute atomic E-state index is 9.76. The number of hydrogen-bond acceptors (Lipinski definition) is 5. The van der Waals surface area contributed by atoms with Crippen molar-refractivity contribution in [2.45, 2.75) is 20.3 Å². The van der Waals surface area contributed by atoms with Crippen LogP contribution >= 0.6 is 11.3 Å². The molecular weight excluding hydrogens is 378 g/mol. The molecule has 4 heterocycles. The van der Waals surface area contributed by atoms with E-state index >= 15 is 0 Å². The zero-order valence-corrected chi connectivity index (χ0v) is 17.2. The standard InChI is InChI=1S/C23H21N5S/c1-13-17-7-10-26-19(17)4-3-18(13)28-21-16(11-24)12-27-23-20(21)14(2)22(29-23)15-5-8-25-9-6-15/h3-5,7,10,12,25-26H,6,8-9H2,1-2H3,(H,27,28). The van der Waals surface area contributed by atoms with Gasteiger partial charge in [-0.1, -0.05) is 6.08 Å². The summed E-state index contributed by atoms with van der Waals surface area (Å²) >= 11 is 1.72. The predicted octanol–water partition coefficient (Wildman–Crippen LogP) is 5.39. The molecule has 0 saturated heterocycles. The summed E-state index contributed by atoms with van der Waals surface area (Å²) in [5.74, 6) is 0. The molecule has 144 valence electrons.